The van der Waals surface area contributed by atoms with Gasteiger partial charge >= 0.3 is 0 Å². The number of aromatic amines is 1. The predicted molar refractivity (Wildman–Crippen MR) is 139 cm³/mol. The Morgan fingerprint density at radius 1 is 0.697 bits per heavy atom. The van der Waals surface area contributed by atoms with Gasteiger partial charge in [0.25, 0.3) is 0 Å². The maximum Gasteiger partial charge on any atom is 0.137 e. The summed E-state index contributed by atoms with van der Waals surface area (Å²) in [6, 6.07) is 26.0. The lowest BCUT2D eigenvalue weighted by Gasteiger charge is -2.12. The number of furan rings is 1. The van der Waals surface area contributed by atoms with Crippen LogP contribution in [0.5, 0.6) is 0 Å². The van der Waals surface area contributed by atoms with Gasteiger partial charge in [0.1, 0.15) is 11.2 Å². The third-order valence-corrected chi connectivity index (χ3v) is 7.14. The summed E-state index contributed by atoms with van der Waals surface area (Å²) in [5.41, 5.74) is 7.92. The highest BCUT2D eigenvalue weighted by atomic mass is 16.3. The van der Waals surface area contributed by atoms with Crippen molar-refractivity contribution in [3.05, 3.63) is 91.0 Å². The fourth-order valence-corrected chi connectivity index (χ4v) is 5.69. The minimum atomic E-state index is 0.923. The summed E-state index contributed by atoms with van der Waals surface area (Å²) < 4.78 is 8.56. The van der Waals surface area contributed by atoms with E-state index in [1.54, 1.807) is 0 Å². The molecule has 3 heteroatoms. The Bertz CT molecular complexity index is 1970. The van der Waals surface area contributed by atoms with E-state index in [2.05, 4.69) is 88.4 Å². The Balaban J connectivity index is 1.55. The number of rotatable bonds is 1. The molecule has 33 heavy (non-hydrogen) atoms. The molecule has 156 valence electrons. The van der Waals surface area contributed by atoms with Crippen molar-refractivity contribution < 1.29 is 4.42 Å². The van der Waals surface area contributed by atoms with Gasteiger partial charge in [-0.3, -0.25) is 0 Å². The summed E-state index contributed by atoms with van der Waals surface area (Å²) in [7, 11) is 0. The first-order valence-electron chi connectivity index (χ1n) is 11.5. The molecule has 8 rings (SSSR count). The van der Waals surface area contributed by atoms with Crippen LogP contribution in [0.3, 0.4) is 0 Å². The van der Waals surface area contributed by atoms with Gasteiger partial charge in [-0.1, -0.05) is 48.6 Å². The zero-order valence-electron chi connectivity index (χ0n) is 17.9. The van der Waals surface area contributed by atoms with Crippen LogP contribution < -0.4 is 0 Å². The van der Waals surface area contributed by atoms with E-state index in [4.69, 9.17) is 4.42 Å². The van der Waals surface area contributed by atoms with E-state index in [9.17, 15) is 0 Å². The molecule has 0 amide bonds. The molecule has 1 N–H and O–H groups in total. The van der Waals surface area contributed by atoms with Crippen LogP contribution in [0, 0.1) is 0 Å². The lowest BCUT2D eigenvalue weighted by Crippen LogP contribution is -1.96. The van der Waals surface area contributed by atoms with Crippen molar-refractivity contribution in [3.8, 4) is 0 Å². The number of H-pyrrole nitrogens is 1. The summed E-state index contributed by atoms with van der Waals surface area (Å²) in [5, 5.41) is 7.35. The average molecular weight is 425 g/mol. The quantitative estimate of drug-likeness (QED) is 0.281. The van der Waals surface area contributed by atoms with Gasteiger partial charge < -0.3 is 14.0 Å². The minimum absolute atomic E-state index is 0.923. The molecule has 3 aromatic heterocycles. The van der Waals surface area contributed by atoms with Crippen molar-refractivity contribution in [1.29, 1.82) is 0 Å². The van der Waals surface area contributed by atoms with Gasteiger partial charge in [0.15, 0.2) is 0 Å². The molecule has 0 radical (unpaired) electrons. The van der Waals surface area contributed by atoms with Gasteiger partial charge in [-0.15, -0.1) is 0 Å². The third-order valence-electron chi connectivity index (χ3n) is 7.14. The van der Waals surface area contributed by atoms with Crippen LogP contribution >= 0.6 is 0 Å². The number of aromatic nitrogens is 2. The fourth-order valence-electron chi connectivity index (χ4n) is 5.69. The van der Waals surface area contributed by atoms with Crippen LogP contribution in [0.25, 0.3) is 71.2 Å². The van der Waals surface area contributed by atoms with Crippen LogP contribution in [0.2, 0.25) is 0 Å². The Kier molecular flexibility index (Phi) is 3.24. The van der Waals surface area contributed by atoms with Gasteiger partial charge in [-0.05, 0) is 55.3 Å². The summed E-state index contributed by atoms with van der Waals surface area (Å²) in [6.45, 7) is 0. The molecule has 0 spiro atoms. The SMILES string of the molecule is C1=CC(n2c3ccccc3c3cc4[nH]c5c(ccc6oc7ccccc7c65)c4cc32)=CCC1. The number of nitrogens with one attached hydrogen (secondary N) is 1. The molecule has 3 heterocycles. The minimum Gasteiger partial charge on any atom is -0.456 e. The van der Waals surface area contributed by atoms with Gasteiger partial charge in [-0.25, -0.2) is 0 Å². The molecule has 0 saturated heterocycles. The Morgan fingerprint density at radius 2 is 1.58 bits per heavy atom. The molecule has 0 bridgehead atoms. The molecule has 0 fully saturated rings. The van der Waals surface area contributed by atoms with Crippen LogP contribution in [0.15, 0.2) is 95.4 Å². The molecule has 0 unspecified atom stereocenters. The van der Waals surface area contributed by atoms with Crippen molar-refractivity contribution in [2.75, 3.05) is 0 Å². The second-order valence-corrected chi connectivity index (χ2v) is 8.96. The monoisotopic (exact) mass is 424 g/mol. The second kappa shape index (κ2) is 6.17. The lowest BCUT2D eigenvalue weighted by atomic mass is 10.1. The van der Waals surface area contributed by atoms with Gasteiger partial charge in [0.2, 0.25) is 0 Å². The first-order valence-corrected chi connectivity index (χ1v) is 11.5. The van der Waals surface area contributed by atoms with Gasteiger partial charge in [0.05, 0.1) is 21.9 Å². The smallest absolute Gasteiger partial charge is 0.137 e. The summed E-state index contributed by atoms with van der Waals surface area (Å²) in [4.78, 5) is 3.75. The van der Waals surface area contributed by atoms with E-state index >= 15 is 0 Å². The molecule has 7 aromatic rings. The molecule has 4 aromatic carbocycles. The Hall–Kier alpha value is -4.24. The van der Waals surface area contributed by atoms with Crippen LogP contribution in [-0.4, -0.2) is 9.55 Å². The summed E-state index contributed by atoms with van der Waals surface area (Å²) >= 11 is 0. The highest BCUT2D eigenvalue weighted by Crippen LogP contribution is 2.40. The number of para-hydroxylation sites is 2. The zero-order chi connectivity index (χ0) is 21.5. The molecule has 1 aliphatic carbocycles. The molecule has 3 nitrogen and oxygen atoms in total. The number of fused-ring (bicyclic) bond motifs is 10. The lowest BCUT2D eigenvalue weighted by molar-refractivity contribution is 0.669. The molecular formula is C30H20N2O. The van der Waals surface area contributed by atoms with Crippen LogP contribution in [0.4, 0.5) is 0 Å². The largest absolute Gasteiger partial charge is 0.456 e. The van der Waals surface area contributed by atoms with E-state index in [0.29, 0.717) is 0 Å². The number of benzene rings is 4. The van der Waals surface area contributed by atoms with Gasteiger partial charge in [0, 0.05) is 38.1 Å². The zero-order valence-corrected chi connectivity index (χ0v) is 17.9. The van der Waals surface area contributed by atoms with E-state index in [1.165, 1.54) is 38.3 Å². The van der Waals surface area contributed by atoms with Crippen molar-refractivity contribution in [3.63, 3.8) is 0 Å². The van der Waals surface area contributed by atoms with Crippen LogP contribution in [0.1, 0.15) is 12.8 Å². The van der Waals surface area contributed by atoms with Crippen LogP contribution in [-0.2, 0) is 0 Å². The first-order chi connectivity index (χ1) is 16.4. The normalized spacial score (nSPS) is 14.5. The van der Waals surface area contributed by atoms with E-state index in [0.717, 1.165) is 45.8 Å². The average Bonchev–Trinajstić information content (AvgIpc) is 3.52. The van der Waals surface area contributed by atoms with Crippen molar-refractivity contribution in [1.82, 2.24) is 9.55 Å². The first kappa shape index (κ1) is 17.3. The Morgan fingerprint density at radius 3 is 2.48 bits per heavy atom. The van der Waals surface area contributed by atoms with Crippen molar-refractivity contribution in [2.24, 2.45) is 0 Å². The maximum atomic E-state index is 6.14. The highest BCUT2D eigenvalue weighted by Gasteiger charge is 2.18. The molecular weight excluding hydrogens is 404 g/mol. The number of nitrogens with zero attached hydrogens (tertiary/aromatic N) is 1. The third kappa shape index (κ3) is 2.24. The summed E-state index contributed by atoms with van der Waals surface area (Å²) in [5.74, 6) is 0. The number of hydrogen-bond acceptors (Lipinski definition) is 1. The van der Waals surface area contributed by atoms with Crippen molar-refractivity contribution in [2.45, 2.75) is 12.8 Å². The molecule has 0 saturated carbocycles. The number of allylic oxidation sites excluding steroid dienone is 4. The molecule has 0 atom stereocenters. The van der Waals surface area contributed by atoms with E-state index in [1.807, 2.05) is 12.1 Å². The summed E-state index contributed by atoms with van der Waals surface area (Å²) in [6.07, 6.45) is 9.09. The highest BCUT2D eigenvalue weighted by molar-refractivity contribution is 6.25. The molecule has 1 aliphatic rings. The topological polar surface area (TPSA) is 33.9 Å². The Labute approximate surface area is 189 Å². The predicted octanol–water partition coefficient (Wildman–Crippen LogP) is 8.52. The van der Waals surface area contributed by atoms with E-state index in [-0.39, 0.29) is 0 Å². The number of hydrogen-bond donors (Lipinski definition) is 1. The molecule has 0 aliphatic heterocycles. The maximum absolute atomic E-state index is 6.14. The fraction of sp³-hybridized carbons (Fsp3) is 0.0667. The second-order valence-electron chi connectivity index (χ2n) is 8.96. The van der Waals surface area contributed by atoms with E-state index < -0.39 is 0 Å². The van der Waals surface area contributed by atoms with Gasteiger partial charge in [-0.2, -0.15) is 0 Å². The van der Waals surface area contributed by atoms with Crippen molar-refractivity contribution >= 4 is 71.2 Å². The standard InChI is InChI=1S/C30H20N2O/c1-2-8-18(9-3-1)32-25-12-6-4-10-19(25)23-16-24-22(17-26(23)32)20-14-15-28-29(30(20)31-24)21-11-5-7-13-27(21)33-28/h2,4-17,31H,1,3H2.